The standard InChI is InChI=1S/C9H11ClN2O/c10-9-2-1-7(5-11-9)12-8-3-4-13-6-8/h1-2,5,8,12H,3-4,6H2. The maximum Gasteiger partial charge on any atom is 0.129 e. The second-order valence-corrected chi connectivity index (χ2v) is 3.46. The van der Waals surface area contributed by atoms with Crippen LogP contribution in [-0.2, 0) is 4.74 Å². The van der Waals surface area contributed by atoms with E-state index in [0.29, 0.717) is 11.2 Å². The zero-order valence-electron chi connectivity index (χ0n) is 7.16. The molecule has 2 rings (SSSR count). The Kier molecular flexibility index (Phi) is 2.66. The summed E-state index contributed by atoms with van der Waals surface area (Å²) in [6.07, 6.45) is 2.79. The molecule has 1 unspecified atom stereocenters. The van der Waals surface area contributed by atoms with Crippen LogP contribution >= 0.6 is 11.6 Å². The first-order chi connectivity index (χ1) is 6.34. The molecule has 1 fully saturated rings. The number of hydrogen-bond acceptors (Lipinski definition) is 3. The van der Waals surface area contributed by atoms with Gasteiger partial charge in [0, 0.05) is 6.61 Å². The van der Waals surface area contributed by atoms with E-state index >= 15 is 0 Å². The molecular weight excluding hydrogens is 188 g/mol. The summed E-state index contributed by atoms with van der Waals surface area (Å²) in [6, 6.07) is 4.12. The third-order valence-corrected chi connectivity index (χ3v) is 2.25. The van der Waals surface area contributed by atoms with E-state index < -0.39 is 0 Å². The summed E-state index contributed by atoms with van der Waals surface area (Å²) in [7, 11) is 0. The molecule has 13 heavy (non-hydrogen) atoms. The van der Waals surface area contributed by atoms with E-state index in [1.54, 1.807) is 12.3 Å². The van der Waals surface area contributed by atoms with Crippen molar-refractivity contribution in [1.82, 2.24) is 4.98 Å². The van der Waals surface area contributed by atoms with Crippen LogP contribution in [0.15, 0.2) is 18.3 Å². The highest BCUT2D eigenvalue weighted by Gasteiger charge is 2.14. The van der Waals surface area contributed by atoms with Crippen LogP contribution in [0.25, 0.3) is 0 Å². The molecule has 1 aromatic rings. The fourth-order valence-corrected chi connectivity index (χ4v) is 1.46. The van der Waals surface area contributed by atoms with Crippen molar-refractivity contribution in [2.45, 2.75) is 12.5 Å². The molecule has 1 saturated heterocycles. The number of aromatic nitrogens is 1. The summed E-state index contributed by atoms with van der Waals surface area (Å²) in [6.45, 7) is 1.63. The van der Waals surface area contributed by atoms with Crippen LogP contribution in [0.5, 0.6) is 0 Å². The third-order valence-electron chi connectivity index (χ3n) is 2.03. The Hall–Kier alpha value is -0.800. The van der Waals surface area contributed by atoms with Crippen molar-refractivity contribution in [3.05, 3.63) is 23.5 Å². The van der Waals surface area contributed by atoms with Crippen molar-refractivity contribution in [2.75, 3.05) is 18.5 Å². The van der Waals surface area contributed by atoms with E-state index in [-0.39, 0.29) is 0 Å². The zero-order chi connectivity index (χ0) is 9.10. The van der Waals surface area contributed by atoms with Gasteiger partial charge < -0.3 is 10.1 Å². The first kappa shape index (κ1) is 8.78. The quantitative estimate of drug-likeness (QED) is 0.738. The zero-order valence-corrected chi connectivity index (χ0v) is 7.92. The average molecular weight is 199 g/mol. The van der Waals surface area contributed by atoms with E-state index in [9.17, 15) is 0 Å². The van der Waals surface area contributed by atoms with Gasteiger partial charge in [0.05, 0.1) is 24.5 Å². The monoisotopic (exact) mass is 198 g/mol. The number of ether oxygens (including phenoxy) is 1. The van der Waals surface area contributed by atoms with Gasteiger partial charge in [0.1, 0.15) is 5.15 Å². The highest BCUT2D eigenvalue weighted by Crippen LogP contribution is 2.14. The molecule has 0 amide bonds. The molecule has 1 atom stereocenters. The van der Waals surface area contributed by atoms with Crippen LogP contribution in [0, 0.1) is 0 Å². The predicted octanol–water partition coefficient (Wildman–Crippen LogP) is 1.94. The van der Waals surface area contributed by atoms with Crippen molar-refractivity contribution in [3.8, 4) is 0 Å². The van der Waals surface area contributed by atoms with E-state index in [2.05, 4.69) is 10.3 Å². The number of nitrogens with one attached hydrogen (secondary N) is 1. The maximum absolute atomic E-state index is 5.66. The van der Waals surface area contributed by atoms with Gasteiger partial charge in [-0.15, -0.1) is 0 Å². The number of nitrogens with zero attached hydrogens (tertiary/aromatic N) is 1. The molecule has 0 saturated carbocycles. The Morgan fingerprint density at radius 3 is 3.08 bits per heavy atom. The highest BCUT2D eigenvalue weighted by atomic mass is 35.5. The first-order valence-electron chi connectivity index (χ1n) is 4.30. The minimum absolute atomic E-state index is 0.419. The molecule has 0 spiro atoms. The normalized spacial score (nSPS) is 21.8. The van der Waals surface area contributed by atoms with Crippen molar-refractivity contribution in [1.29, 1.82) is 0 Å². The van der Waals surface area contributed by atoms with Crippen LogP contribution in [0.1, 0.15) is 6.42 Å². The molecule has 2 heterocycles. The summed E-state index contributed by atoms with van der Waals surface area (Å²) in [4.78, 5) is 3.98. The molecule has 0 bridgehead atoms. The Balaban J connectivity index is 1.97. The van der Waals surface area contributed by atoms with Crippen molar-refractivity contribution >= 4 is 17.3 Å². The van der Waals surface area contributed by atoms with Crippen molar-refractivity contribution < 1.29 is 4.74 Å². The van der Waals surface area contributed by atoms with Gasteiger partial charge in [-0.05, 0) is 18.6 Å². The maximum atomic E-state index is 5.66. The fourth-order valence-electron chi connectivity index (χ4n) is 1.35. The average Bonchev–Trinajstić information content (AvgIpc) is 2.62. The number of anilines is 1. The van der Waals surface area contributed by atoms with Gasteiger partial charge in [0.15, 0.2) is 0 Å². The minimum atomic E-state index is 0.419. The first-order valence-corrected chi connectivity index (χ1v) is 4.68. The third kappa shape index (κ3) is 2.32. The van der Waals surface area contributed by atoms with Gasteiger partial charge in [0.2, 0.25) is 0 Å². The van der Waals surface area contributed by atoms with Crippen LogP contribution in [0.2, 0.25) is 5.15 Å². The molecule has 1 N–H and O–H groups in total. The summed E-state index contributed by atoms with van der Waals surface area (Å²) in [5.74, 6) is 0. The summed E-state index contributed by atoms with van der Waals surface area (Å²) in [5.41, 5.74) is 1.000. The lowest BCUT2D eigenvalue weighted by molar-refractivity contribution is 0.195. The van der Waals surface area contributed by atoms with E-state index in [0.717, 1.165) is 25.3 Å². The topological polar surface area (TPSA) is 34.1 Å². The van der Waals surface area contributed by atoms with E-state index in [1.807, 2.05) is 6.07 Å². The van der Waals surface area contributed by atoms with Crippen LogP contribution in [0.4, 0.5) is 5.69 Å². The number of halogens is 1. The van der Waals surface area contributed by atoms with E-state index in [4.69, 9.17) is 16.3 Å². The molecule has 1 aliphatic rings. The van der Waals surface area contributed by atoms with Crippen LogP contribution < -0.4 is 5.32 Å². The van der Waals surface area contributed by atoms with Crippen LogP contribution in [0.3, 0.4) is 0 Å². The Bertz CT molecular complexity index is 269. The Morgan fingerprint density at radius 1 is 1.54 bits per heavy atom. The lowest BCUT2D eigenvalue weighted by atomic mass is 10.2. The molecule has 1 aliphatic heterocycles. The van der Waals surface area contributed by atoms with E-state index in [1.165, 1.54) is 0 Å². The second kappa shape index (κ2) is 3.94. The number of pyridine rings is 1. The molecule has 70 valence electrons. The SMILES string of the molecule is Clc1ccc(NC2CCOC2)cn1. The number of rotatable bonds is 2. The lowest BCUT2D eigenvalue weighted by Gasteiger charge is -2.11. The Morgan fingerprint density at radius 2 is 2.46 bits per heavy atom. The smallest absolute Gasteiger partial charge is 0.129 e. The number of hydrogen-bond donors (Lipinski definition) is 1. The van der Waals surface area contributed by atoms with Gasteiger partial charge in [-0.25, -0.2) is 4.98 Å². The van der Waals surface area contributed by atoms with Gasteiger partial charge >= 0.3 is 0 Å². The van der Waals surface area contributed by atoms with Gasteiger partial charge in [-0.1, -0.05) is 11.6 Å². The highest BCUT2D eigenvalue weighted by molar-refractivity contribution is 6.29. The van der Waals surface area contributed by atoms with Crippen molar-refractivity contribution in [3.63, 3.8) is 0 Å². The molecule has 0 radical (unpaired) electrons. The fraction of sp³-hybridized carbons (Fsp3) is 0.444. The largest absolute Gasteiger partial charge is 0.379 e. The van der Waals surface area contributed by atoms with Gasteiger partial charge in [0.25, 0.3) is 0 Å². The summed E-state index contributed by atoms with van der Waals surface area (Å²) in [5, 5.41) is 3.84. The van der Waals surface area contributed by atoms with Crippen molar-refractivity contribution in [2.24, 2.45) is 0 Å². The predicted molar refractivity (Wildman–Crippen MR) is 52.1 cm³/mol. The molecule has 0 aliphatic carbocycles. The Labute approximate surface area is 82.1 Å². The second-order valence-electron chi connectivity index (χ2n) is 3.07. The molecule has 3 nitrogen and oxygen atoms in total. The summed E-state index contributed by atoms with van der Waals surface area (Å²) >= 11 is 5.66. The molecule has 1 aromatic heterocycles. The van der Waals surface area contributed by atoms with Gasteiger partial charge in [-0.2, -0.15) is 0 Å². The van der Waals surface area contributed by atoms with Gasteiger partial charge in [-0.3, -0.25) is 0 Å². The molecular formula is C9H11ClN2O. The lowest BCUT2D eigenvalue weighted by Crippen LogP contribution is -2.18. The summed E-state index contributed by atoms with van der Waals surface area (Å²) < 4.78 is 5.24. The molecule has 4 heteroatoms. The molecule has 0 aromatic carbocycles. The van der Waals surface area contributed by atoms with Crippen LogP contribution in [-0.4, -0.2) is 24.2 Å². The minimum Gasteiger partial charge on any atom is -0.379 e.